The molecule has 20 heteroatoms. The molecule has 0 N–H and O–H groups in total. The topological polar surface area (TPSA) is 183 Å². The van der Waals surface area contributed by atoms with Crippen LogP contribution in [0, 0.1) is 101 Å². The van der Waals surface area contributed by atoms with Crippen LogP contribution >= 0.6 is 0 Å². The smallest absolute Gasteiger partial charge is 0.0799 e. The second-order valence-electron chi connectivity index (χ2n) is 31.4. The summed E-state index contributed by atoms with van der Waals surface area (Å²) in [6.07, 6.45) is 6.04. The molecule has 0 fully saturated rings. The van der Waals surface area contributed by atoms with E-state index in [-0.39, 0.29) is 101 Å². The molecule has 0 unspecified atom stereocenters. The van der Waals surface area contributed by atoms with Crippen molar-refractivity contribution in [3.05, 3.63) is 238 Å². The van der Waals surface area contributed by atoms with E-state index < -0.39 is 40.4 Å². The summed E-state index contributed by atoms with van der Waals surface area (Å²) in [6, 6.07) is 68.8. The number of benzene rings is 5. The fraction of sp³-hybridized carbons (Fsp3) is 0.302. The third-order valence-corrected chi connectivity index (χ3v) is 27.2. The summed E-state index contributed by atoms with van der Waals surface area (Å²) in [7, 11) is -6.81. The van der Waals surface area contributed by atoms with Gasteiger partial charge < -0.3 is 24.9 Å². The van der Waals surface area contributed by atoms with Crippen LogP contribution in [0.2, 0.25) is 98.2 Å². The molecule has 0 bridgehead atoms. The molecular formula is C86H97Ir5N10Si5-5. The second kappa shape index (κ2) is 43.1. The molecule has 10 aromatic rings. The molecule has 10 rings (SSSR count). The van der Waals surface area contributed by atoms with Crippen LogP contribution in [0.1, 0.15) is 115 Å². The van der Waals surface area contributed by atoms with Crippen molar-refractivity contribution >= 4 is 66.3 Å². The van der Waals surface area contributed by atoms with E-state index in [4.69, 9.17) is 36.3 Å². The molecule has 5 aromatic heterocycles. The van der Waals surface area contributed by atoms with E-state index in [0.29, 0.717) is 45.6 Å². The van der Waals surface area contributed by atoms with Crippen molar-refractivity contribution in [2.45, 2.75) is 171 Å². The van der Waals surface area contributed by atoms with Crippen molar-refractivity contribution in [2.75, 3.05) is 0 Å². The molecular weight excluding hydrogens is 2270 g/mol. The summed E-state index contributed by atoms with van der Waals surface area (Å²) in [5.74, 6) is 1.30. The largest absolute Gasteiger partial charge is 0.305 e. The Bertz CT molecular complexity index is 4590. The van der Waals surface area contributed by atoms with E-state index in [1.807, 2.05) is 67.1 Å². The summed E-state index contributed by atoms with van der Waals surface area (Å²) < 4.78 is 0. The minimum absolute atomic E-state index is 0. The van der Waals surface area contributed by atoms with Gasteiger partial charge in [-0.2, -0.15) is 0 Å². The van der Waals surface area contributed by atoms with Crippen LogP contribution in [0.3, 0.4) is 0 Å². The molecule has 0 saturated carbocycles. The van der Waals surface area contributed by atoms with E-state index in [1.54, 1.807) is 42.5 Å². The summed E-state index contributed by atoms with van der Waals surface area (Å²) in [4.78, 5) is 23.5. The van der Waals surface area contributed by atoms with Crippen molar-refractivity contribution in [3.8, 4) is 86.6 Å². The first-order valence-corrected chi connectivity index (χ1v) is 51.9. The molecule has 5 heterocycles. The molecule has 106 heavy (non-hydrogen) atoms. The molecule has 0 aliphatic heterocycles. The maximum absolute atomic E-state index is 8.89. The zero-order chi connectivity index (χ0) is 75.0. The van der Waals surface area contributed by atoms with Crippen molar-refractivity contribution in [1.82, 2.24) is 24.9 Å². The number of hydrogen-bond acceptors (Lipinski definition) is 10. The molecule has 0 saturated heterocycles. The SMILES string of the molecule is CC(C)c1cc(-c2[c-]cc(C#N)cc2)ncc1[Si](C)(C)C.CC(C)c1cc([Si](C)(C)C)cnc1-c1[c-]cc(C#N)cc1.CC(C)c1nc(-c2[c-]cc(C#N)cc2)ccc1[Si](C)(C)C.Cc1cc([Si](C)(C)C)cnc1-c1[c-]cc(C#N)cc1.Cc1nc(-c2[c-]cc(C#N)cc2)ccc1[Si](C)(C)C.[Ir].[Ir].[Ir].[Ir].[Ir]. The summed E-state index contributed by atoms with van der Waals surface area (Å²) in [6.45, 7) is 52.4. The van der Waals surface area contributed by atoms with Gasteiger partial charge in [0.05, 0.1) is 40.4 Å². The quantitative estimate of drug-likeness (QED) is 0.0795. The molecule has 561 valence electrons. The van der Waals surface area contributed by atoms with Gasteiger partial charge in [0.1, 0.15) is 0 Å². The molecule has 0 atom stereocenters. The monoisotopic (exact) mass is 2370 g/mol. The van der Waals surface area contributed by atoms with Crippen molar-refractivity contribution < 1.29 is 101 Å². The van der Waals surface area contributed by atoms with Gasteiger partial charge in [-0.3, -0.25) is 0 Å². The van der Waals surface area contributed by atoms with Gasteiger partial charge in [0.25, 0.3) is 0 Å². The van der Waals surface area contributed by atoms with Crippen molar-refractivity contribution in [1.29, 1.82) is 26.3 Å². The summed E-state index contributed by atoms with van der Waals surface area (Å²) >= 11 is 0. The van der Waals surface area contributed by atoms with E-state index in [9.17, 15) is 0 Å². The fourth-order valence-corrected chi connectivity index (χ4v) is 18.2. The Hall–Kier alpha value is -6.37. The van der Waals surface area contributed by atoms with Crippen LogP contribution in [-0.2, 0) is 101 Å². The summed E-state index contributed by atoms with van der Waals surface area (Å²) in [5, 5.41) is 51.2. The molecule has 5 radical (unpaired) electrons. The summed E-state index contributed by atoms with van der Waals surface area (Å²) in [5.41, 5.74) is 18.7. The van der Waals surface area contributed by atoms with Gasteiger partial charge in [-0.15, -0.1) is 149 Å². The third kappa shape index (κ3) is 27.9. The van der Waals surface area contributed by atoms with Gasteiger partial charge in [-0.25, -0.2) is 26.3 Å². The zero-order valence-electron chi connectivity index (χ0n) is 65.3. The first-order chi connectivity index (χ1) is 47.3. The third-order valence-electron chi connectivity index (χ3n) is 16.9. The van der Waals surface area contributed by atoms with Crippen LogP contribution in [0.25, 0.3) is 56.3 Å². The molecule has 5 aromatic carbocycles. The predicted octanol–water partition coefficient (Wildman–Crippen LogP) is 18.8. The van der Waals surface area contributed by atoms with Crippen molar-refractivity contribution in [2.24, 2.45) is 0 Å². The number of hydrogen-bond donors (Lipinski definition) is 0. The Kier molecular flexibility index (Phi) is 39.7. The molecule has 0 spiro atoms. The van der Waals surface area contributed by atoms with Crippen LogP contribution in [0.5, 0.6) is 0 Å². The Morgan fingerprint density at radius 2 is 0.660 bits per heavy atom. The number of nitriles is 5. The minimum atomic E-state index is -1.40. The minimum Gasteiger partial charge on any atom is -0.305 e. The number of nitrogens with zero attached hydrogens (tertiary/aromatic N) is 10. The van der Waals surface area contributed by atoms with Gasteiger partial charge >= 0.3 is 0 Å². The van der Waals surface area contributed by atoms with Crippen LogP contribution < -0.4 is 25.9 Å². The zero-order valence-corrected chi connectivity index (χ0v) is 82.3. The van der Waals surface area contributed by atoms with Crippen LogP contribution in [0.4, 0.5) is 0 Å². The first-order valence-electron chi connectivity index (χ1n) is 34.4. The average Bonchev–Trinajstić information content (AvgIpc) is 0.819. The maximum atomic E-state index is 8.89. The number of rotatable bonds is 13. The molecule has 10 nitrogen and oxygen atoms in total. The Balaban J connectivity index is 0.000000655. The number of aromatic nitrogens is 5. The Labute approximate surface area is 707 Å². The van der Waals surface area contributed by atoms with Gasteiger partial charge in [0.15, 0.2) is 0 Å². The normalized spacial score (nSPS) is 10.8. The van der Waals surface area contributed by atoms with E-state index >= 15 is 0 Å². The number of pyridine rings is 5. The van der Waals surface area contributed by atoms with Gasteiger partial charge in [-0.1, -0.05) is 199 Å². The van der Waals surface area contributed by atoms with Crippen molar-refractivity contribution in [3.63, 3.8) is 0 Å². The van der Waals surface area contributed by atoms with E-state index in [0.717, 1.165) is 62.0 Å². The van der Waals surface area contributed by atoms with Gasteiger partial charge in [0.2, 0.25) is 0 Å². The first kappa shape index (κ1) is 97.6. The molecule has 0 aliphatic rings. The molecule has 0 aliphatic carbocycles. The molecule has 0 amide bonds. The van der Waals surface area contributed by atoms with Crippen LogP contribution in [0.15, 0.2) is 152 Å². The van der Waals surface area contributed by atoms with E-state index in [2.05, 4.69) is 272 Å². The van der Waals surface area contributed by atoms with Gasteiger partial charge in [-0.05, 0) is 114 Å². The fourth-order valence-electron chi connectivity index (χ4n) is 11.0. The second-order valence-corrected chi connectivity index (χ2v) is 56.7. The van der Waals surface area contributed by atoms with E-state index in [1.165, 1.54) is 48.3 Å². The predicted molar refractivity (Wildman–Crippen MR) is 433 cm³/mol. The van der Waals surface area contributed by atoms with Gasteiger partial charge in [0, 0.05) is 161 Å². The van der Waals surface area contributed by atoms with Crippen LogP contribution in [-0.4, -0.2) is 65.3 Å². The number of aryl methyl sites for hydroxylation is 2. The average molecular weight is 2370 g/mol. The Morgan fingerprint density at radius 3 is 0.981 bits per heavy atom. The Morgan fingerprint density at radius 1 is 0.321 bits per heavy atom. The maximum Gasteiger partial charge on any atom is 0.0799 e. The standard InChI is InChI=1S/3C18H21N2Si.2C16H17N2Si.5Ir/c1-13(2)16-10-17(20-12-18(16)21(3,4)5)15-8-6-14(11-19)7-9-15;1-13(2)17-10-16(21(3,4)5)12-20-18(17)15-8-6-14(11-19)7-9-15;1-13(2)18-17(21(3,4)5)11-10-16(20-18)15-8-6-14(12-19)7-9-15;1-12-9-15(19(2,3)4)11-18-16(12)14-7-5-13(10-17)6-8-14;1-12-16(19(2,3)4)10-9-15(18-12)14-7-5-13(11-17)6-8-14;;;;;/h2*6-8,10,12-13H,1-5H3;6-8,10-11,13H,1-5H3;5-7,9,11H,1-4H3;5-7,9-10H,1-4H3;;;;;/q5*-1;;;;;.